The Morgan fingerprint density at radius 2 is 2.17 bits per heavy atom. The average Bonchev–Trinajstić information content (AvgIpc) is 3.12. The van der Waals surface area contributed by atoms with E-state index in [1.54, 1.807) is 11.3 Å². The molecule has 1 unspecified atom stereocenters. The van der Waals surface area contributed by atoms with Gasteiger partial charge in [-0.05, 0) is 43.4 Å². The number of carbonyl (C=O) groups excluding carboxylic acids is 1. The number of thiophene rings is 1. The van der Waals surface area contributed by atoms with Gasteiger partial charge in [-0.15, -0.1) is 11.3 Å². The number of aromatic nitrogens is 3. The lowest BCUT2D eigenvalue weighted by atomic mass is 10.1. The maximum atomic E-state index is 12.7. The van der Waals surface area contributed by atoms with Crippen LogP contribution in [0.4, 0.5) is 0 Å². The Balaban J connectivity index is 1.77. The maximum Gasteiger partial charge on any atom is 0.243 e. The SMILES string of the molecule is CC(C(=O)NC1CCCCCC1)n1c(-c2cccs2)n[nH]c1=S. The van der Waals surface area contributed by atoms with E-state index in [0.29, 0.717) is 10.8 Å². The van der Waals surface area contributed by atoms with Gasteiger partial charge in [-0.2, -0.15) is 5.10 Å². The van der Waals surface area contributed by atoms with Gasteiger partial charge in [0.15, 0.2) is 10.6 Å². The minimum atomic E-state index is -0.374. The molecule has 0 aliphatic heterocycles. The number of hydrogen-bond donors (Lipinski definition) is 2. The third-order valence-electron chi connectivity index (χ3n) is 4.41. The Hall–Kier alpha value is -1.47. The van der Waals surface area contributed by atoms with Crippen LogP contribution >= 0.6 is 23.6 Å². The fraction of sp³-hybridized carbons (Fsp3) is 0.562. The molecule has 0 bridgehead atoms. The maximum absolute atomic E-state index is 12.7. The summed E-state index contributed by atoms with van der Waals surface area (Å²) in [6.45, 7) is 1.88. The first-order valence-electron chi connectivity index (χ1n) is 8.18. The van der Waals surface area contributed by atoms with Gasteiger partial charge in [0.05, 0.1) is 4.88 Å². The summed E-state index contributed by atoms with van der Waals surface area (Å²) in [4.78, 5) is 13.7. The van der Waals surface area contributed by atoms with Gasteiger partial charge in [-0.25, -0.2) is 0 Å². The Kier molecular flexibility index (Phi) is 5.27. The molecule has 23 heavy (non-hydrogen) atoms. The summed E-state index contributed by atoms with van der Waals surface area (Å²) < 4.78 is 2.30. The van der Waals surface area contributed by atoms with E-state index < -0.39 is 0 Å². The number of aromatic amines is 1. The normalized spacial score (nSPS) is 17.6. The Labute approximate surface area is 145 Å². The number of amides is 1. The highest BCUT2D eigenvalue weighted by Crippen LogP contribution is 2.26. The standard InChI is InChI=1S/C16H22N4OS2/c1-11(15(21)17-12-7-4-2-3-5-8-12)20-14(18-19-16(20)22)13-9-6-10-23-13/h6,9-12H,2-5,7-8H2,1H3,(H,17,21)(H,19,22). The van der Waals surface area contributed by atoms with Gasteiger partial charge in [0.1, 0.15) is 6.04 Å². The van der Waals surface area contributed by atoms with Crippen LogP contribution in [0.1, 0.15) is 51.5 Å². The van der Waals surface area contributed by atoms with Gasteiger partial charge in [0, 0.05) is 6.04 Å². The van der Waals surface area contributed by atoms with Gasteiger partial charge in [0.25, 0.3) is 0 Å². The zero-order chi connectivity index (χ0) is 16.2. The van der Waals surface area contributed by atoms with Gasteiger partial charge in [0.2, 0.25) is 5.91 Å². The predicted molar refractivity (Wildman–Crippen MR) is 95.1 cm³/mol. The van der Waals surface area contributed by atoms with Crippen molar-refractivity contribution in [2.45, 2.75) is 57.5 Å². The van der Waals surface area contributed by atoms with E-state index in [1.807, 2.05) is 29.0 Å². The average molecular weight is 351 g/mol. The highest BCUT2D eigenvalue weighted by Gasteiger charge is 2.23. The molecule has 2 aromatic heterocycles. The van der Waals surface area contributed by atoms with E-state index in [-0.39, 0.29) is 11.9 Å². The summed E-state index contributed by atoms with van der Waals surface area (Å²) in [5.41, 5.74) is 0. The monoisotopic (exact) mass is 350 g/mol. The van der Waals surface area contributed by atoms with E-state index in [2.05, 4.69) is 15.5 Å². The number of hydrogen-bond acceptors (Lipinski definition) is 4. The van der Waals surface area contributed by atoms with E-state index in [4.69, 9.17) is 12.2 Å². The molecule has 2 heterocycles. The van der Waals surface area contributed by atoms with Crippen molar-refractivity contribution >= 4 is 29.5 Å². The first kappa shape index (κ1) is 16.4. The van der Waals surface area contributed by atoms with Gasteiger partial charge in [-0.3, -0.25) is 14.5 Å². The molecular weight excluding hydrogens is 328 g/mol. The van der Waals surface area contributed by atoms with Gasteiger partial charge >= 0.3 is 0 Å². The second-order valence-electron chi connectivity index (χ2n) is 6.07. The van der Waals surface area contributed by atoms with Crippen molar-refractivity contribution in [2.75, 3.05) is 0 Å². The van der Waals surface area contributed by atoms with E-state index in [0.717, 1.165) is 23.5 Å². The predicted octanol–water partition coefficient (Wildman–Crippen LogP) is 4.07. The van der Waals surface area contributed by atoms with Crippen LogP contribution in [0.5, 0.6) is 0 Å². The molecule has 2 N–H and O–H groups in total. The van der Waals surface area contributed by atoms with E-state index in [9.17, 15) is 4.79 Å². The minimum absolute atomic E-state index is 0.0206. The van der Waals surface area contributed by atoms with Crippen LogP contribution in [-0.2, 0) is 4.79 Å². The summed E-state index contributed by atoms with van der Waals surface area (Å²) in [6, 6.07) is 3.88. The summed E-state index contributed by atoms with van der Waals surface area (Å²) >= 11 is 6.93. The van der Waals surface area contributed by atoms with Crippen molar-refractivity contribution in [3.63, 3.8) is 0 Å². The molecule has 5 nitrogen and oxygen atoms in total. The molecule has 3 rings (SSSR count). The smallest absolute Gasteiger partial charge is 0.243 e. The molecule has 1 aliphatic rings. The number of carbonyl (C=O) groups is 1. The lowest BCUT2D eigenvalue weighted by Crippen LogP contribution is -2.38. The fourth-order valence-corrected chi connectivity index (χ4v) is 4.11. The van der Waals surface area contributed by atoms with E-state index >= 15 is 0 Å². The zero-order valence-corrected chi connectivity index (χ0v) is 14.9. The molecule has 0 saturated heterocycles. The van der Waals surface area contributed by atoms with Crippen molar-refractivity contribution in [2.24, 2.45) is 0 Å². The van der Waals surface area contributed by atoms with E-state index in [1.165, 1.54) is 25.7 Å². The summed E-state index contributed by atoms with van der Waals surface area (Å²) in [5, 5.41) is 12.3. The molecule has 1 saturated carbocycles. The first-order chi connectivity index (χ1) is 11.2. The molecule has 1 fully saturated rings. The Morgan fingerprint density at radius 3 is 2.83 bits per heavy atom. The number of nitrogens with zero attached hydrogens (tertiary/aromatic N) is 2. The largest absolute Gasteiger partial charge is 0.352 e. The molecule has 2 aromatic rings. The number of H-pyrrole nitrogens is 1. The molecule has 0 aromatic carbocycles. The topological polar surface area (TPSA) is 62.7 Å². The molecule has 0 spiro atoms. The molecule has 7 heteroatoms. The fourth-order valence-electron chi connectivity index (χ4n) is 3.11. The van der Waals surface area contributed by atoms with Crippen LogP contribution in [0.25, 0.3) is 10.7 Å². The van der Waals surface area contributed by atoms with Gasteiger partial charge < -0.3 is 5.32 Å². The zero-order valence-electron chi connectivity index (χ0n) is 13.2. The third kappa shape index (κ3) is 3.72. The lowest BCUT2D eigenvalue weighted by molar-refractivity contribution is -0.124. The Bertz CT molecular complexity index is 696. The number of rotatable bonds is 4. The van der Waals surface area contributed by atoms with Crippen molar-refractivity contribution in [1.82, 2.24) is 20.1 Å². The highest BCUT2D eigenvalue weighted by atomic mass is 32.1. The van der Waals surface area contributed by atoms with Crippen LogP contribution in [0.15, 0.2) is 17.5 Å². The van der Waals surface area contributed by atoms with Crippen LogP contribution in [0, 0.1) is 4.77 Å². The summed E-state index contributed by atoms with van der Waals surface area (Å²) in [5.74, 6) is 0.751. The quantitative estimate of drug-likeness (QED) is 0.645. The molecule has 1 aliphatic carbocycles. The summed E-state index contributed by atoms with van der Waals surface area (Å²) in [7, 11) is 0. The first-order valence-corrected chi connectivity index (χ1v) is 9.47. The van der Waals surface area contributed by atoms with Crippen LogP contribution in [0.2, 0.25) is 0 Å². The summed E-state index contributed by atoms with van der Waals surface area (Å²) in [6.07, 6.45) is 7.10. The Morgan fingerprint density at radius 1 is 1.43 bits per heavy atom. The molecular formula is C16H22N4OS2. The highest BCUT2D eigenvalue weighted by molar-refractivity contribution is 7.71. The van der Waals surface area contributed by atoms with Crippen molar-refractivity contribution in [1.29, 1.82) is 0 Å². The van der Waals surface area contributed by atoms with Crippen LogP contribution < -0.4 is 5.32 Å². The second kappa shape index (κ2) is 7.40. The van der Waals surface area contributed by atoms with Crippen molar-refractivity contribution < 1.29 is 4.79 Å². The molecule has 1 amide bonds. The second-order valence-corrected chi connectivity index (χ2v) is 7.41. The molecule has 124 valence electrons. The van der Waals surface area contributed by atoms with Crippen molar-refractivity contribution in [3.05, 3.63) is 22.3 Å². The lowest BCUT2D eigenvalue weighted by Gasteiger charge is -2.20. The molecule has 1 atom stereocenters. The minimum Gasteiger partial charge on any atom is -0.352 e. The van der Waals surface area contributed by atoms with Crippen LogP contribution in [0.3, 0.4) is 0 Å². The molecule has 0 radical (unpaired) electrons. The number of nitrogens with one attached hydrogen (secondary N) is 2. The third-order valence-corrected chi connectivity index (χ3v) is 5.57. The van der Waals surface area contributed by atoms with Crippen LogP contribution in [-0.4, -0.2) is 26.7 Å². The van der Waals surface area contributed by atoms with Gasteiger partial charge in [-0.1, -0.05) is 31.7 Å². The van der Waals surface area contributed by atoms with Crippen molar-refractivity contribution in [3.8, 4) is 10.7 Å².